The lowest BCUT2D eigenvalue weighted by atomic mass is 10.2. The van der Waals surface area contributed by atoms with Gasteiger partial charge in [-0.25, -0.2) is 0 Å². The summed E-state index contributed by atoms with van der Waals surface area (Å²) in [6.07, 6.45) is 0. The third-order valence-electron chi connectivity index (χ3n) is 3.58. The highest BCUT2D eigenvalue weighted by Crippen LogP contribution is 2.16. The molecule has 5 heteroatoms. The van der Waals surface area contributed by atoms with Gasteiger partial charge in [0.1, 0.15) is 12.4 Å². The number of aryl methyl sites for hydroxylation is 1. The zero-order valence-corrected chi connectivity index (χ0v) is 14.2. The molecule has 24 heavy (non-hydrogen) atoms. The minimum atomic E-state index is -0.139. The first-order chi connectivity index (χ1) is 11.5. The van der Waals surface area contributed by atoms with E-state index >= 15 is 0 Å². The first-order valence-corrected chi connectivity index (χ1v) is 7.79. The van der Waals surface area contributed by atoms with Gasteiger partial charge in [0, 0.05) is 25.2 Å². The zero-order valence-electron chi connectivity index (χ0n) is 14.2. The summed E-state index contributed by atoms with van der Waals surface area (Å²) in [5.41, 5.74) is 2.31. The van der Waals surface area contributed by atoms with Crippen LogP contribution < -0.4 is 10.1 Å². The number of ether oxygens (including phenoxy) is 1. The van der Waals surface area contributed by atoms with Gasteiger partial charge >= 0.3 is 0 Å². The van der Waals surface area contributed by atoms with Crippen LogP contribution in [0.4, 0.5) is 5.69 Å². The number of nitrogens with zero attached hydrogens (tertiary/aromatic N) is 1. The highest BCUT2D eigenvalue weighted by Gasteiger charge is 2.12. The minimum absolute atomic E-state index is 0.0854. The topological polar surface area (TPSA) is 58.6 Å². The van der Waals surface area contributed by atoms with Crippen molar-refractivity contribution in [1.29, 1.82) is 0 Å². The Labute approximate surface area is 142 Å². The monoisotopic (exact) mass is 326 g/mol. The molecule has 2 rings (SSSR count). The lowest BCUT2D eigenvalue weighted by Gasteiger charge is -2.18. The van der Waals surface area contributed by atoms with Gasteiger partial charge in [0.2, 0.25) is 5.91 Å². The number of carbonyl (C=O) groups excluding carboxylic acids is 2. The van der Waals surface area contributed by atoms with Crippen molar-refractivity contribution in [3.8, 4) is 5.75 Å². The molecule has 5 nitrogen and oxygen atoms in total. The maximum Gasteiger partial charge on any atom is 0.253 e. The van der Waals surface area contributed by atoms with E-state index in [1.165, 1.54) is 6.92 Å². The number of likely N-dealkylation sites (N-methyl/N-ethyl adjacent to an activating group) is 1. The fourth-order valence-corrected chi connectivity index (χ4v) is 2.23. The first kappa shape index (κ1) is 17.5. The van der Waals surface area contributed by atoms with E-state index in [-0.39, 0.29) is 11.8 Å². The Morgan fingerprint density at radius 2 is 1.75 bits per heavy atom. The molecule has 0 saturated carbocycles. The predicted molar refractivity (Wildman–Crippen MR) is 94.4 cm³/mol. The largest absolute Gasteiger partial charge is 0.491 e. The van der Waals surface area contributed by atoms with Crippen LogP contribution in [-0.4, -0.2) is 36.9 Å². The molecule has 0 aliphatic carbocycles. The smallest absolute Gasteiger partial charge is 0.253 e. The molecule has 0 fully saturated rings. The average Bonchev–Trinajstić information content (AvgIpc) is 2.56. The van der Waals surface area contributed by atoms with Gasteiger partial charge in [0.05, 0.1) is 6.54 Å². The first-order valence-electron chi connectivity index (χ1n) is 7.79. The molecule has 0 radical (unpaired) electrons. The quantitative estimate of drug-likeness (QED) is 0.887. The molecule has 0 atom stereocenters. The number of carbonyl (C=O) groups is 2. The molecule has 0 aliphatic heterocycles. The van der Waals surface area contributed by atoms with Crippen molar-refractivity contribution >= 4 is 17.5 Å². The van der Waals surface area contributed by atoms with Crippen molar-refractivity contribution in [2.24, 2.45) is 0 Å². The summed E-state index contributed by atoms with van der Waals surface area (Å²) >= 11 is 0. The van der Waals surface area contributed by atoms with Gasteiger partial charge in [0.15, 0.2) is 0 Å². The van der Waals surface area contributed by atoms with E-state index in [0.29, 0.717) is 24.4 Å². The van der Waals surface area contributed by atoms with Crippen LogP contribution in [0.2, 0.25) is 0 Å². The normalized spacial score (nSPS) is 10.1. The van der Waals surface area contributed by atoms with Gasteiger partial charge in [0.25, 0.3) is 5.91 Å². The number of amides is 2. The Bertz CT molecular complexity index is 711. The molecule has 0 aliphatic rings. The van der Waals surface area contributed by atoms with Crippen molar-refractivity contribution in [3.05, 3.63) is 59.7 Å². The SMILES string of the molecule is CC(=O)Nc1ccc(C(=O)N(C)CCOc2ccccc2C)cc1. The van der Waals surface area contributed by atoms with E-state index < -0.39 is 0 Å². The molecule has 0 heterocycles. The van der Waals surface area contributed by atoms with Crippen LogP contribution in [-0.2, 0) is 4.79 Å². The molecule has 2 aromatic rings. The molecule has 126 valence electrons. The maximum atomic E-state index is 12.4. The summed E-state index contributed by atoms with van der Waals surface area (Å²) in [5.74, 6) is 0.607. The average molecular weight is 326 g/mol. The number of rotatable bonds is 6. The van der Waals surface area contributed by atoms with E-state index in [0.717, 1.165) is 11.3 Å². The lowest BCUT2D eigenvalue weighted by molar-refractivity contribution is -0.114. The second-order valence-corrected chi connectivity index (χ2v) is 5.60. The molecule has 0 unspecified atom stereocenters. The second kappa shape index (κ2) is 8.15. The predicted octanol–water partition coefficient (Wildman–Crippen LogP) is 3.10. The second-order valence-electron chi connectivity index (χ2n) is 5.60. The fraction of sp³-hybridized carbons (Fsp3) is 0.263. The van der Waals surface area contributed by atoms with Crippen LogP contribution >= 0.6 is 0 Å². The Balaban J connectivity index is 1.87. The standard InChI is InChI=1S/C19H22N2O3/c1-14-6-4-5-7-18(14)24-13-12-21(3)19(23)16-8-10-17(11-9-16)20-15(2)22/h4-11H,12-13H2,1-3H3,(H,20,22). The third kappa shape index (κ3) is 4.84. The van der Waals surface area contributed by atoms with Crippen LogP contribution in [0.3, 0.4) is 0 Å². The Hall–Kier alpha value is -2.82. The Morgan fingerprint density at radius 1 is 1.08 bits per heavy atom. The summed E-state index contributed by atoms with van der Waals surface area (Å²) in [4.78, 5) is 25.0. The zero-order chi connectivity index (χ0) is 17.5. The van der Waals surface area contributed by atoms with Crippen LogP contribution in [0.25, 0.3) is 0 Å². The molecule has 1 N–H and O–H groups in total. The number of anilines is 1. The van der Waals surface area contributed by atoms with Gasteiger partial charge < -0.3 is 15.0 Å². The molecule has 2 amide bonds. The van der Waals surface area contributed by atoms with Crippen molar-refractivity contribution in [1.82, 2.24) is 4.90 Å². The number of nitrogens with one attached hydrogen (secondary N) is 1. The van der Waals surface area contributed by atoms with Gasteiger partial charge in [-0.15, -0.1) is 0 Å². The van der Waals surface area contributed by atoms with Gasteiger partial charge in [-0.2, -0.15) is 0 Å². The number of para-hydroxylation sites is 1. The van der Waals surface area contributed by atoms with E-state index in [2.05, 4.69) is 5.32 Å². The van der Waals surface area contributed by atoms with Gasteiger partial charge in [-0.3, -0.25) is 9.59 Å². The molecule has 0 saturated heterocycles. The van der Waals surface area contributed by atoms with Crippen molar-refractivity contribution in [3.63, 3.8) is 0 Å². The molecule has 0 aromatic heterocycles. The van der Waals surface area contributed by atoms with Crippen LogP contribution in [0.5, 0.6) is 5.75 Å². The summed E-state index contributed by atoms with van der Waals surface area (Å²) in [5, 5.41) is 2.67. The summed E-state index contributed by atoms with van der Waals surface area (Å²) < 4.78 is 5.71. The van der Waals surface area contributed by atoms with Crippen LogP contribution in [0.15, 0.2) is 48.5 Å². The summed E-state index contributed by atoms with van der Waals surface area (Å²) in [6.45, 7) is 4.35. The van der Waals surface area contributed by atoms with Crippen molar-refractivity contribution in [2.75, 3.05) is 25.5 Å². The summed E-state index contributed by atoms with van der Waals surface area (Å²) in [6, 6.07) is 14.6. The molecule has 2 aromatic carbocycles. The van der Waals surface area contributed by atoms with E-state index in [9.17, 15) is 9.59 Å². The van der Waals surface area contributed by atoms with E-state index in [1.54, 1.807) is 36.2 Å². The van der Waals surface area contributed by atoms with Crippen LogP contribution in [0, 0.1) is 6.92 Å². The molecular weight excluding hydrogens is 304 g/mol. The van der Waals surface area contributed by atoms with Crippen molar-refractivity contribution < 1.29 is 14.3 Å². The van der Waals surface area contributed by atoms with Gasteiger partial charge in [-0.05, 0) is 42.8 Å². The third-order valence-corrected chi connectivity index (χ3v) is 3.58. The van der Waals surface area contributed by atoms with E-state index in [1.807, 2.05) is 31.2 Å². The van der Waals surface area contributed by atoms with E-state index in [4.69, 9.17) is 4.74 Å². The Morgan fingerprint density at radius 3 is 2.38 bits per heavy atom. The fourth-order valence-electron chi connectivity index (χ4n) is 2.23. The molecule has 0 bridgehead atoms. The molecule has 0 spiro atoms. The number of hydrogen-bond acceptors (Lipinski definition) is 3. The Kier molecular flexibility index (Phi) is 5.95. The highest BCUT2D eigenvalue weighted by molar-refractivity contribution is 5.95. The highest BCUT2D eigenvalue weighted by atomic mass is 16.5. The summed E-state index contributed by atoms with van der Waals surface area (Å²) in [7, 11) is 1.74. The number of benzene rings is 2. The van der Waals surface area contributed by atoms with Crippen molar-refractivity contribution in [2.45, 2.75) is 13.8 Å². The number of hydrogen-bond donors (Lipinski definition) is 1. The van der Waals surface area contributed by atoms with Crippen LogP contribution in [0.1, 0.15) is 22.8 Å². The van der Waals surface area contributed by atoms with Gasteiger partial charge in [-0.1, -0.05) is 18.2 Å². The molecular formula is C19H22N2O3. The maximum absolute atomic E-state index is 12.4. The minimum Gasteiger partial charge on any atom is -0.491 e. The lowest BCUT2D eigenvalue weighted by Crippen LogP contribution is -2.30.